The number of aromatic nitrogens is 1. The van der Waals surface area contributed by atoms with Crippen LogP contribution in [0.3, 0.4) is 0 Å². The molecule has 0 fully saturated rings. The minimum Gasteiger partial charge on any atom is -0.467 e. The molecule has 4 aromatic rings. The number of aliphatic hydroxyl groups excluding tert-OH is 2. The third kappa shape index (κ3) is 4.37. The number of amides is 1. The summed E-state index contributed by atoms with van der Waals surface area (Å²) in [5, 5.41) is 21.6. The zero-order valence-corrected chi connectivity index (χ0v) is 16.3. The summed E-state index contributed by atoms with van der Waals surface area (Å²) in [5.74, 6) is 0.00738. The van der Waals surface area contributed by atoms with Crippen molar-refractivity contribution in [3.8, 4) is 0 Å². The van der Waals surface area contributed by atoms with Gasteiger partial charge in [-0.2, -0.15) is 0 Å². The molecular weight excluding hydrogens is 388 g/mol. The van der Waals surface area contributed by atoms with Crippen molar-refractivity contribution in [3.63, 3.8) is 0 Å². The Morgan fingerprint density at radius 1 is 1.00 bits per heavy atom. The maximum atomic E-state index is 13.1. The molecule has 0 saturated carbocycles. The van der Waals surface area contributed by atoms with Crippen LogP contribution in [0, 0.1) is 0 Å². The van der Waals surface area contributed by atoms with Gasteiger partial charge in [0.2, 0.25) is 0 Å². The number of aliphatic hydroxyl groups is 2. The van der Waals surface area contributed by atoms with Crippen molar-refractivity contribution < 1.29 is 19.4 Å². The normalized spacial score (nSPS) is 13.3. The molecule has 0 bridgehead atoms. The van der Waals surface area contributed by atoms with Gasteiger partial charge in [-0.1, -0.05) is 42.5 Å². The van der Waals surface area contributed by atoms with E-state index in [2.05, 4.69) is 4.98 Å². The quantitative estimate of drug-likeness (QED) is 0.489. The average molecular weight is 408 g/mol. The molecule has 7 heteroatoms. The molecule has 4 rings (SSSR count). The molecule has 6 nitrogen and oxygen atoms in total. The lowest BCUT2D eigenvalue weighted by Gasteiger charge is -2.26. The molecule has 0 spiro atoms. The molecule has 148 valence electrons. The highest BCUT2D eigenvalue weighted by atomic mass is 32.1. The minimum absolute atomic E-state index is 0.185. The van der Waals surface area contributed by atoms with Crippen LogP contribution in [-0.2, 0) is 17.9 Å². The van der Waals surface area contributed by atoms with Gasteiger partial charge >= 0.3 is 0 Å². The first-order valence-corrected chi connectivity index (χ1v) is 10.00. The molecule has 1 amide bonds. The third-order valence-corrected chi connectivity index (χ3v) is 5.68. The second kappa shape index (κ2) is 8.57. The summed E-state index contributed by atoms with van der Waals surface area (Å²) in [6.07, 6.45) is -1.50. The molecule has 2 atom stereocenters. The Kier molecular flexibility index (Phi) is 5.71. The number of fused-ring (bicyclic) bond motifs is 1. The molecule has 0 aliphatic rings. The fourth-order valence-corrected chi connectivity index (χ4v) is 4.06. The molecule has 2 aromatic heterocycles. The van der Waals surface area contributed by atoms with Gasteiger partial charge in [0.05, 0.1) is 23.0 Å². The molecule has 2 aromatic carbocycles. The van der Waals surface area contributed by atoms with Gasteiger partial charge in [-0.05, 0) is 29.8 Å². The topological polar surface area (TPSA) is 86.8 Å². The number of benzene rings is 2. The molecule has 2 unspecified atom stereocenters. The van der Waals surface area contributed by atoms with E-state index in [1.54, 1.807) is 12.1 Å². The monoisotopic (exact) mass is 408 g/mol. The van der Waals surface area contributed by atoms with Crippen LogP contribution in [0.4, 0.5) is 0 Å². The summed E-state index contributed by atoms with van der Waals surface area (Å²) in [7, 11) is 0. The Balaban J connectivity index is 1.56. The predicted molar refractivity (Wildman–Crippen MR) is 110 cm³/mol. The summed E-state index contributed by atoms with van der Waals surface area (Å²) in [4.78, 5) is 18.9. The van der Waals surface area contributed by atoms with E-state index in [1.807, 2.05) is 54.6 Å². The van der Waals surface area contributed by atoms with Crippen molar-refractivity contribution in [2.45, 2.75) is 25.3 Å². The van der Waals surface area contributed by atoms with Crippen LogP contribution in [0.15, 0.2) is 77.4 Å². The maximum Gasteiger partial charge on any atom is 0.255 e. The first kappa shape index (κ1) is 19.3. The Morgan fingerprint density at radius 3 is 2.48 bits per heavy atom. The van der Waals surface area contributed by atoms with Crippen molar-refractivity contribution in [1.29, 1.82) is 0 Å². The number of rotatable bonds is 7. The zero-order chi connectivity index (χ0) is 20.2. The van der Waals surface area contributed by atoms with E-state index in [0.29, 0.717) is 10.8 Å². The van der Waals surface area contributed by atoms with Crippen LogP contribution in [0.1, 0.15) is 22.4 Å². The van der Waals surface area contributed by atoms with Gasteiger partial charge in [0, 0.05) is 6.54 Å². The van der Waals surface area contributed by atoms with Gasteiger partial charge in [-0.15, -0.1) is 11.3 Å². The Bertz CT molecular complexity index is 1050. The van der Waals surface area contributed by atoms with E-state index in [-0.39, 0.29) is 13.1 Å². The van der Waals surface area contributed by atoms with Gasteiger partial charge in [0.25, 0.3) is 5.91 Å². The highest BCUT2D eigenvalue weighted by molar-refractivity contribution is 7.18. The van der Waals surface area contributed by atoms with Crippen molar-refractivity contribution in [2.24, 2.45) is 0 Å². The van der Waals surface area contributed by atoms with Gasteiger partial charge in [-0.25, -0.2) is 4.98 Å². The van der Waals surface area contributed by atoms with Crippen LogP contribution in [-0.4, -0.2) is 32.1 Å². The molecule has 0 aliphatic carbocycles. The van der Waals surface area contributed by atoms with Crippen molar-refractivity contribution in [3.05, 3.63) is 89.3 Å². The van der Waals surface area contributed by atoms with Crippen LogP contribution in [0.2, 0.25) is 0 Å². The van der Waals surface area contributed by atoms with E-state index in [0.717, 1.165) is 15.8 Å². The number of furan rings is 1. The molecule has 0 radical (unpaired) electrons. The molecule has 2 heterocycles. The number of para-hydroxylation sites is 1. The summed E-state index contributed by atoms with van der Waals surface area (Å²) >= 11 is 1.26. The molecule has 29 heavy (non-hydrogen) atoms. The van der Waals surface area contributed by atoms with E-state index in [1.165, 1.54) is 22.5 Å². The fraction of sp³-hybridized carbons (Fsp3) is 0.182. The highest BCUT2D eigenvalue weighted by Gasteiger charge is 2.32. The Labute approximate surface area is 171 Å². The predicted octanol–water partition coefficient (Wildman–Crippen LogP) is 3.51. The minimum atomic E-state index is -1.63. The van der Waals surface area contributed by atoms with Gasteiger partial charge in [0.1, 0.15) is 16.9 Å². The molecule has 2 N–H and O–H groups in total. The summed E-state index contributed by atoms with van der Waals surface area (Å²) in [6.45, 7) is 0.467. The van der Waals surface area contributed by atoms with Crippen LogP contribution < -0.4 is 0 Å². The lowest BCUT2D eigenvalue weighted by atomic mass is 10.1. The van der Waals surface area contributed by atoms with E-state index in [4.69, 9.17) is 4.42 Å². The number of thiazole rings is 1. The molecule has 0 aliphatic heterocycles. The van der Waals surface area contributed by atoms with E-state index >= 15 is 0 Å². The first-order valence-electron chi connectivity index (χ1n) is 9.18. The fourth-order valence-electron chi connectivity index (χ4n) is 3.08. The average Bonchev–Trinajstić information content (AvgIpc) is 3.42. The van der Waals surface area contributed by atoms with Gasteiger partial charge in [-0.3, -0.25) is 4.79 Å². The largest absolute Gasteiger partial charge is 0.467 e. The third-order valence-electron chi connectivity index (χ3n) is 4.57. The van der Waals surface area contributed by atoms with Gasteiger partial charge in [0.15, 0.2) is 6.10 Å². The number of carbonyl (C=O) groups excluding carboxylic acids is 1. The van der Waals surface area contributed by atoms with Crippen molar-refractivity contribution in [1.82, 2.24) is 9.88 Å². The smallest absolute Gasteiger partial charge is 0.255 e. The van der Waals surface area contributed by atoms with Crippen LogP contribution in [0.25, 0.3) is 10.2 Å². The highest BCUT2D eigenvalue weighted by Crippen LogP contribution is 2.29. The van der Waals surface area contributed by atoms with E-state index < -0.39 is 18.1 Å². The first-order chi connectivity index (χ1) is 14.1. The Morgan fingerprint density at radius 2 is 1.76 bits per heavy atom. The van der Waals surface area contributed by atoms with Crippen molar-refractivity contribution in [2.75, 3.05) is 0 Å². The second-order valence-corrected chi connectivity index (χ2v) is 7.73. The SMILES string of the molecule is O=C(C(O)C(O)c1nc2ccccc2s1)N(Cc1ccccc1)Cc1ccco1. The Hall–Kier alpha value is -3.00. The lowest BCUT2D eigenvalue weighted by Crippen LogP contribution is -2.41. The van der Waals surface area contributed by atoms with Crippen LogP contribution in [0.5, 0.6) is 0 Å². The van der Waals surface area contributed by atoms with Crippen LogP contribution >= 0.6 is 11.3 Å². The van der Waals surface area contributed by atoms with Crippen molar-refractivity contribution >= 4 is 27.5 Å². The molecule has 0 saturated heterocycles. The molecular formula is C22H20N2O4S. The standard InChI is InChI=1S/C22H20N2O4S/c25-19(21-23-17-10-4-5-11-18(17)29-21)20(26)22(27)24(14-16-9-6-12-28-16)13-15-7-2-1-3-8-15/h1-12,19-20,25-26H,13-14H2. The number of hydrogen-bond acceptors (Lipinski definition) is 6. The summed E-state index contributed by atoms with van der Waals surface area (Å²) in [6, 6.07) is 20.4. The number of nitrogens with zero attached hydrogens (tertiary/aromatic N) is 2. The van der Waals surface area contributed by atoms with Gasteiger partial charge < -0.3 is 19.5 Å². The second-order valence-electron chi connectivity index (χ2n) is 6.67. The van der Waals surface area contributed by atoms with E-state index in [9.17, 15) is 15.0 Å². The maximum absolute atomic E-state index is 13.1. The number of carbonyl (C=O) groups is 1. The lowest BCUT2D eigenvalue weighted by molar-refractivity contribution is -0.148. The summed E-state index contributed by atoms with van der Waals surface area (Å²) in [5.41, 5.74) is 1.64. The summed E-state index contributed by atoms with van der Waals surface area (Å²) < 4.78 is 6.26. The zero-order valence-electron chi connectivity index (χ0n) is 15.5. The number of hydrogen-bond donors (Lipinski definition) is 2.